The summed E-state index contributed by atoms with van der Waals surface area (Å²) in [6, 6.07) is 18.3. The van der Waals surface area contributed by atoms with Gasteiger partial charge in [0.05, 0.1) is 11.2 Å². The van der Waals surface area contributed by atoms with Crippen LogP contribution in [-0.2, 0) is 7.05 Å². The zero-order valence-electron chi connectivity index (χ0n) is 17.2. The number of anilines is 1. The van der Waals surface area contributed by atoms with Crippen LogP contribution in [-0.4, -0.2) is 27.2 Å². The molecule has 0 aliphatic rings. The fourth-order valence-electron chi connectivity index (χ4n) is 3.67. The molecule has 4 aromatic rings. The second-order valence-corrected chi connectivity index (χ2v) is 7.28. The van der Waals surface area contributed by atoms with Gasteiger partial charge in [0.1, 0.15) is 5.69 Å². The van der Waals surface area contributed by atoms with Crippen LogP contribution in [0.3, 0.4) is 0 Å². The minimum atomic E-state index is -0.0532. The van der Waals surface area contributed by atoms with Gasteiger partial charge in [-0.3, -0.25) is 9.48 Å². The topological polar surface area (TPSA) is 51.0 Å². The fraction of sp³-hybridized carbons (Fsp3) is 0.208. The molecule has 0 aliphatic carbocycles. The Kier molecular flexibility index (Phi) is 4.89. The number of carbonyl (C=O) groups is 1. The zero-order valence-corrected chi connectivity index (χ0v) is 17.2. The Morgan fingerprint density at radius 3 is 2.55 bits per heavy atom. The van der Waals surface area contributed by atoms with E-state index in [2.05, 4.69) is 48.4 Å². The largest absolute Gasteiger partial charge is 0.307 e. The van der Waals surface area contributed by atoms with Crippen LogP contribution in [0.5, 0.6) is 0 Å². The molecule has 0 radical (unpaired) electrons. The first-order valence-corrected chi connectivity index (χ1v) is 9.76. The third-order valence-corrected chi connectivity index (χ3v) is 5.23. The van der Waals surface area contributed by atoms with E-state index in [0.717, 1.165) is 33.4 Å². The number of pyridine rings is 1. The molecule has 1 amide bonds. The Hall–Kier alpha value is -3.47. The van der Waals surface area contributed by atoms with E-state index < -0.39 is 0 Å². The summed E-state index contributed by atoms with van der Waals surface area (Å²) in [6.45, 7) is 6.68. The van der Waals surface area contributed by atoms with Gasteiger partial charge in [-0.25, -0.2) is 4.98 Å². The molecule has 0 atom stereocenters. The van der Waals surface area contributed by atoms with Crippen molar-refractivity contribution in [1.29, 1.82) is 0 Å². The number of hydrogen-bond donors (Lipinski definition) is 0. The van der Waals surface area contributed by atoms with E-state index in [4.69, 9.17) is 4.98 Å². The minimum absolute atomic E-state index is 0.0532. The van der Waals surface area contributed by atoms with Gasteiger partial charge in [-0.15, -0.1) is 0 Å². The molecule has 0 aliphatic heterocycles. The third-order valence-electron chi connectivity index (χ3n) is 5.23. The summed E-state index contributed by atoms with van der Waals surface area (Å²) in [5.41, 5.74) is 6.68. The van der Waals surface area contributed by atoms with Crippen LogP contribution in [0.4, 0.5) is 5.69 Å². The lowest BCUT2D eigenvalue weighted by Crippen LogP contribution is -2.32. The van der Waals surface area contributed by atoms with Gasteiger partial charge in [0.2, 0.25) is 0 Å². The van der Waals surface area contributed by atoms with Gasteiger partial charge in [0, 0.05) is 36.4 Å². The van der Waals surface area contributed by atoms with Gasteiger partial charge >= 0.3 is 0 Å². The van der Waals surface area contributed by atoms with E-state index in [1.165, 1.54) is 5.56 Å². The molecule has 29 heavy (non-hydrogen) atoms. The number of nitrogens with zero attached hydrogens (tertiary/aromatic N) is 4. The molecule has 0 fully saturated rings. The van der Waals surface area contributed by atoms with E-state index in [0.29, 0.717) is 12.2 Å². The van der Waals surface area contributed by atoms with Crippen molar-refractivity contribution in [2.24, 2.45) is 7.05 Å². The third kappa shape index (κ3) is 3.51. The second kappa shape index (κ2) is 7.51. The van der Waals surface area contributed by atoms with Crippen LogP contribution in [0.15, 0.2) is 60.8 Å². The average molecular weight is 384 g/mol. The van der Waals surface area contributed by atoms with Crippen LogP contribution in [0.1, 0.15) is 28.5 Å². The van der Waals surface area contributed by atoms with E-state index >= 15 is 0 Å². The molecule has 5 nitrogen and oxygen atoms in total. The maximum atomic E-state index is 13.0. The van der Waals surface area contributed by atoms with Crippen molar-refractivity contribution >= 4 is 22.5 Å². The van der Waals surface area contributed by atoms with Crippen LogP contribution >= 0.6 is 0 Å². The predicted molar refractivity (Wildman–Crippen MR) is 117 cm³/mol. The van der Waals surface area contributed by atoms with Gasteiger partial charge < -0.3 is 4.90 Å². The lowest BCUT2D eigenvalue weighted by Gasteiger charge is -2.23. The summed E-state index contributed by atoms with van der Waals surface area (Å²) in [6.07, 6.45) is 1.64. The van der Waals surface area contributed by atoms with Crippen molar-refractivity contribution in [1.82, 2.24) is 14.8 Å². The molecule has 146 valence electrons. The van der Waals surface area contributed by atoms with Gasteiger partial charge in [0.25, 0.3) is 5.91 Å². The molecular formula is C24H24N4O. The molecule has 2 heterocycles. The number of carbonyl (C=O) groups excluding carboxylic acids is 1. The molecule has 0 N–H and O–H groups in total. The summed E-state index contributed by atoms with van der Waals surface area (Å²) in [5, 5.41) is 5.26. The Labute approximate surface area is 170 Å². The number of hydrogen-bond acceptors (Lipinski definition) is 3. The summed E-state index contributed by atoms with van der Waals surface area (Å²) >= 11 is 0. The molecule has 2 aromatic carbocycles. The highest BCUT2D eigenvalue weighted by molar-refractivity contribution is 6.05. The molecule has 0 saturated carbocycles. The molecule has 5 heteroatoms. The number of aryl methyl sites for hydroxylation is 3. The number of amides is 1. The molecule has 4 rings (SSSR count). The summed E-state index contributed by atoms with van der Waals surface area (Å²) in [7, 11) is 1.78. The van der Waals surface area contributed by atoms with Gasteiger partial charge in [-0.1, -0.05) is 23.8 Å². The Bertz CT molecular complexity index is 1210. The number of fused-ring (bicyclic) bond motifs is 1. The molecule has 0 bridgehead atoms. The first kappa shape index (κ1) is 18.9. The maximum absolute atomic E-state index is 13.0. The Morgan fingerprint density at radius 2 is 1.86 bits per heavy atom. The lowest BCUT2D eigenvalue weighted by atomic mass is 10.0. The highest BCUT2D eigenvalue weighted by Gasteiger charge is 2.20. The van der Waals surface area contributed by atoms with Crippen molar-refractivity contribution in [2.45, 2.75) is 20.8 Å². The van der Waals surface area contributed by atoms with Crippen molar-refractivity contribution in [3.63, 3.8) is 0 Å². The summed E-state index contributed by atoms with van der Waals surface area (Å²) in [5.74, 6) is -0.0532. The number of benzene rings is 2. The molecule has 0 saturated heterocycles. The highest BCUT2D eigenvalue weighted by Crippen LogP contribution is 2.28. The van der Waals surface area contributed by atoms with Crippen LogP contribution in [0.2, 0.25) is 0 Å². The van der Waals surface area contributed by atoms with Crippen LogP contribution in [0, 0.1) is 13.8 Å². The number of rotatable bonds is 4. The second-order valence-electron chi connectivity index (χ2n) is 7.28. The standard InChI is InChI=1S/C24H24N4O/c1-5-28(24(29)23-12-13-25-27(23)4)22-11-8-19(15-17(22)3)21-10-7-18-14-16(2)6-9-20(18)26-21/h6-15H,5H2,1-4H3. The lowest BCUT2D eigenvalue weighted by molar-refractivity contribution is 0.0979. The Balaban J connectivity index is 1.69. The highest BCUT2D eigenvalue weighted by atomic mass is 16.2. The van der Waals surface area contributed by atoms with E-state index in [1.54, 1.807) is 28.9 Å². The Morgan fingerprint density at radius 1 is 1.03 bits per heavy atom. The summed E-state index contributed by atoms with van der Waals surface area (Å²) < 4.78 is 1.61. The molecule has 2 aromatic heterocycles. The SMILES string of the molecule is CCN(C(=O)c1ccnn1C)c1ccc(-c2ccc3cc(C)ccc3n2)cc1C. The van der Waals surface area contributed by atoms with Crippen LogP contribution in [0.25, 0.3) is 22.2 Å². The molecule has 0 spiro atoms. The predicted octanol–water partition coefficient (Wildman–Crippen LogP) is 4.92. The van der Waals surface area contributed by atoms with Crippen molar-refractivity contribution < 1.29 is 4.79 Å². The zero-order chi connectivity index (χ0) is 20.5. The fourth-order valence-corrected chi connectivity index (χ4v) is 3.67. The number of aromatic nitrogens is 3. The molecular weight excluding hydrogens is 360 g/mol. The average Bonchev–Trinajstić information content (AvgIpc) is 3.15. The van der Waals surface area contributed by atoms with Gasteiger partial charge in [0.15, 0.2) is 0 Å². The normalized spacial score (nSPS) is 11.0. The first-order valence-electron chi connectivity index (χ1n) is 9.76. The first-order chi connectivity index (χ1) is 14.0. The van der Waals surface area contributed by atoms with Gasteiger partial charge in [-0.05, 0) is 62.7 Å². The van der Waals surface area contributed by atoms with Crippen LogP contribution < -0.4 is 4.90 Å². The smallest absolute Gasteiger partial charge is 0.276 e. The van der Waals surface area contributed by atoms with Crippen molar-refractivity contribution in [2.75, 3.05) is 11.4 Å². The minimum Gasteiger partial charge on any atom is -0.307 e. The summed E-state index contributed by atoms with van der Waals surface area (Å²) in [4.78, 5) is 19.6. The van der Waals surface area contributed by atoms with E-state index in [-0.39, 0.29) is 5.91 Å². The quantitative estimate of drug-likeness (QED) is 0.502. The van der Waals surface area contributed by atoms with Crippen molar-refractivity contribution in [3.05, 3.63) is 77.6 Å². The maximum Gasteiger partial charge on any atom is 0.276 e. The van der Waals surface area contributed by atoms with Gasteiger partial charge in [-0.2, -0.15) is 5.10 Å². The van der Waals surface area contributed by atoms with Crippen molar-refractivity contribution in [3.8, 4) is 11.3 Å². The van der Waals surface area contributed by atoms with E-state index in [9.17, 15) is 4.79 Å². The van der Waals surface area contributed by atoms with E-state index in [1.807, 2.05) is 26.0 Å². The monoisotopic (exact) mass is 384 g/mol. The molecule has 0 unspecified atom stereocenters.